The number of unbranched alkanes of at least 4 members (excludes halogenated alkanes) is 4. The van der Waals surface area contributed by atoms with Crippen molar-refractivity contribution in [3.63, 3.8) is 0 Å². The normalized spacial score (nSPS) is 12.5. The minimum Gasteiger partial charge on any atom is -0.501 e. The Hall–Kier alpha value is -3.49. The lowest BCUT2D eigenvalue weighted by atomic mass is 10.1. The zero-order valence-electron chi connectivity index (χ0n) is 23.4. The molecule has 0 atom stereocenters. The summed E-state index contributed by atoms with van der Waals surface area (Å²) >= 11 is 0. The molecule has 0 aliphatic carbocycles. The molecular formula is C29H43N5O4. The van der Waals surface area contributed by atoms with Crippen molar-refractivity contribution in [2.45, 2.75) is 79.1 Å². The Morgan fingerprint density at radius 1 is 0.632 bits per heavy atom. The van der Waals surface area contributed by atoms with Gasteiger partial charge in [0.1, 0.15) is 0 Å². The minimum atomic E-state index is 0.193. The van der Waals surface area contributed by atoms with Gasteiger partial charge in [-0.2, -0.15) is 24.9 Å². The monoisotopic (exact) mass is 525 g/mol. The summed E-state index contributed by atoms with van der Waals surface area (Å²) in [7, 11) is 0. The Morgan fingerprint density at radius 2 is 1.13 bits per heavy atom. The first-order valence-electron chi connectivity index (χ1n) is 13.8. The van der Waals surface area contributed by atoms with Gasteiger partial charge in [-0.1, -0.05) is 71.6 Å². The number of ether oxygens (including phenoxy) is 4. The number of rotatable bonds is 19. The van der Waals surface area contributed by atoms with E-state index in [0.29, 0.717) is 32.3 Å². The van der Waals surface area contributed by atoms with E-state index in [-0.39, 0.29) is 11.9 Å². The van der Waals surface area contributed by atoms with E-state index in [1.54, 1.807) is 12.5 Å². The van der Waals surface area contributed by atoms with Gasteiger partial charge in [0.2, 0.25) is 0 Å². The summed E-state index contributed by atoms with van der Waals surface area (Å²) in [5, 5.41) is 1.69. The molecule has 2 aromatic rings. The fourth-order valence-electron chi connectivity index (χ4n) is 3.08. The Bertz CT molecular complexity index is 1070. The average Bonchev–Trinajstić information content (AvgIpc) is 2.93. The number of hydrogen-bond donors (Lipinski definition) is 0. The Morgan fingerprint density at radius 3 is 1.66 bits per heavy atom. The van der Waals surface area contributed by atoms with Crippen LogP contribution in [0.5, 0.6) is 0 Å². The minimum absolute atomic E-state index is 0.193. The van der Waals surface area contributed by atoms with Crippen molar-refractivity contribution in [1.82, 2.24) is 15.0 Å². The van der Waals surface area contributed by atoms with Gasteiger partial charge >= 0.3 is 0 Å². The van der Waals surface area contributed by atoms with Gasteiger partial charge in [-0.05, 0) is 25.7 Å². The highest BCUT2D eigenvalue weighted by Gasteiger charge is 2.10. The molecule has 0 N–H and O–H groups in total. The molecule has 2 rings (SSSR count). The summed E-state index contributed by atoms with van der Waals surface area (Å²) in [6.45, 7) is 10.9. The van der Waals surface area contributed by atoms with E-state index in [0.717, 1.165) is 67.4 Å². The molecule has 1 aromatic carbocycles. The third kappa shape index (κ3) is 11.7. The molecule has 0 saturated heterocycles. The van der Waals surface area contributed by atoms with E-state index in [4.69, 9.17) is 18.9 Å². The summed E-state index contributed by atoms with van der Waals surface area (Å²) < 4.78 is 22.6. The van der Waals surface area contributed by atoms with Gasteiger partial charge in [-0.3, -0.25) is 0 Å². The van der Waals surface area contributed by atoms with Crippen LogP contribution in [-0.2, 0) is 18.9 Å². The lowest BCUT2D eigenvalue weighted by Gasteiger charge is -2.06. The molecule has 1 heterocycles. The molecule has 208 valence electrons. The smallest absolute Gasteiger partial charge is 0.257 e. The van der Waals surface area contributed by atoms with Crippen LogP contribution in [0.1, 0.15) is 79.1 Å². The highest BCUT2D eigenvalue weighted by molar-refractivity contribution is 5.62. The van der Waals surface area contributed by atoms with Crippen molar-refractivity contribution in [2.75, 3.05) is 26.4 Å². The predicted molar refractivity (Wildman–Crippen MR) is 153 cm³/mol. The average molecular weight is 526 g/mol. The Kier molecular flexibility index (Phi) is 15.9. The molecule has 0 spiro atoms. The first-order chi connectivity index (χ1) is 18.7. The second-order valence-electron chi connectivity index (χ2n) is 8.67. The van der Waals surface area contributed by atoms with E-state index in [1.807, 2.05) is 18.2 Å². The third-order valence-corrected chi connectivity index (χ3v) is 5.35. The van der Waals surface area contributed by atoms with Gasteiger partial charge in [-0.25, -0.2) is 0 Å². The number of benzene rings is 1. The van der Waals surface area contributed by atoms with E-state index in [2.05, 4.69) is 52.6 Å². The second-order valence-corrected chi connectivity index (χ2v) is 8.67. The second kappa shape index (κ2) is 19.6. The van der Waals surface area contributed by atoms with E-state index in [9.17, 15) is 0 Å². The van der Waals surface area contributed by atoms with Gasteiger partial charge in [0.15, 0.2) is 18.6 Å². The molecule has 0 bridgehead atoms. The maximum Gasteiger partial charge on any atom is 0.257 e. The lowest BCUT2D eigenvalue weighted by molar-refractivity contribution is 0.283. The number of nitrogens with zero attached hydrogens (tertiary/aromatic N) is 5. The van der Waals surface area contributed by atoms with Crippen LogP contribution in [0.2, 0.25) is 0 Å². The predicted octanol–water partition coefficient (Wildman–Crippen LogP) is 5.60. The molecule has 0 unspecified atom stereocenters. The maximum atomic E-state index is 5.88. The molecule has 0 fully saturated rings. The van der Waals surface area contributed by atoms with Crippen molar-refractivity contribution in [3.8, 4) is 11.4 Å². The molecule has 0 amide bonds. The topological polar surface area (TPSA) is 100 Å². The van der Waals surface area contributed by atoms with Crippen LogP contribution in [0.15, 0.2) is 28.2 Å². The Labute approximate surface area is 226 Å². The quantitative estimate of drug-likeness (QED) is 0.134. The summed E-state index contributed by atoms with van der Waals surface area (Å²) in [5.41, 5.74) is 0.753. The van der Waals surface area contributed by atoms with Crippen LogP contribution in [0.4, 0.5) is 11.9 Å². The molecule has 9 nitrogen and oxygen atoms in total. The van der Waals surface area contributed by atoms with Crippen LogP contribution in [0.3, 0.4) is 0 Å². The van der Waals surface area contributed by atoms with Gasteiger partial charge < -0.3 is 18.9 Å². The zero-order chi connectivity index (χ0) is 27.3. The fourth-order valence-corrected chi connectivity index (χ4v) is 3.08. The van der Waals surface area contributed by atoms with Crippen molar-refractivity contribution in [3.05, 3.63) is 28.6 Å². The van der Waals surface area contributed by atoms with Gasteiger partial charge in [-0.15, -0.1) is 0 Å². The van der Waals surface area contributed by atoms with E-state index < -0.39 is 0 Å². The van der Waals surface area contributed by atoms with Crippen molar-refractivity contribution in [2.24, 2.45) is 9.98 Å². The molecule has 9 heteroatoms. The molecule has 0 aliphatic rings. The molecular weight excluding hydrogens is 482 g/mol. The first-order valence-corrected chi connectivity index (χ1v) is 13.8. The van der Waals surface area contributed by atoms with Gasteiger partial charge in [0, 0.05) is 16.0 Å². The lowest BCUT2D eigenvalue weighted by Crippen LogP contribution is -2.28. The van der Waals surface area contributed by atoms with Crippen LogP contribution >= 0.6 is 0 Å². The maximum absolute atomic E-state index is 5.88. The van der Waals surface area contributed by atoms with Crippen LogP contribution < -0.4 is 10.4 Å². The molecule has 1 aromatic heterocycles. The van der Waals surface area contributed by atoms with Crippen molar-refractivity contribution in [1.29, 1.82) is 0 Å². The summed E-state index contributed by atoms with van der Waals surface area (Å²) in [6, 6.07) is 5.85. The first kappa shape index (κ1) is 30.7. The van der Waals surface area contributed by atoms with Gasteiger partial charge in [0.05, 0.1) is 39.0 Å². The molecule has 0 saturated carbocycles. The summed E-state index contributed by atoms with van der Waals surface area (Å²) in [5.74, 6) is 0.799. The zero-order valence-corrected chi connectivity index (χ0v) is 23.4. The summed E-state index contributed by atoms with van der Waals surface area (Å²) in [6.07, 6.45) is 14.3. The van der Waals surface area contributed by atoms with E-state index >= 15 is 0 Å². The van der Waals surface area contributed by atoms with E-state index in [1.165, 1.54) is 12.8 Å². The van der Waals surface area contributed by atoms with Gasteiger partial charge in [0.25, 0.3) is 11.9 Å². The molecule has 0 radical (unpaired) electrons. The molecule has 0 aliphatic heterocycles. The van der Waals surface area contributed by atoms with Crippen LogP contribution in [0, 0.1) is 0 Å². The fraction of sp³-hybridized carbons (Fsp3) is 0.552. The largest absolute Gasteiger partial charge is 0.501 e. The standard InChI is InChI=1S/C29H43N5O4/c1-5-9-16-35-20-24-14-13-15-25(26(24)21-36-17-10-6-2)27-32-28(30-22-37-18-11-7-3)34-29(33-27)31-23-38-19-12-8-4/h13-15,20-23H,5-12,16-19H2,1-4H3. The summed E-state index contributed by atoms with van der Waals surface area (Å²) in [4.78, 5) is 22.1. The van der Waals surface area contributed by atoms with Crippen molar-refractivity contribution >= 4 is 37.2 Å². The Balaban J connectivity index is 2.51. The van der Waals surface area contributed by atoms with Crippen molar-refractivity contribution < 1.29 is 18.9 Å². The number of aliphatic imine (C=N–C) groups is 2. The van der Waals surface area contributed by atoms with Crippen LogP contribution in [-0.4, -0.2) is 54.2 Å². The number of aromatic nitrogens is 3. The number of hydrogen-bond acceptors (Lipinski definition) is 9. The third-order valence-electron chi connectivity index (χ3n) is 5.35. The SMILES string of the molecule is CCCCOC=Nc1nc(N=COCCCC)nc(-c2cccc(=COCCCC)c2=COCCCC)n1. The highest BCUT2D eigenvalue weighted by Crippen LogP contribution is 2.17. The molecule has 38 heavy (non-hydrogen) atoms. The highest BCUT2D eigenvalue weighted by atomic mass is 16.5. The van der Waals surface area contributed by atoms with Crippen LogP contribution in [0.25, 0.3) is 23.9 Å².